The van der Waals surface area contributed by atoms with Gasteiger partial charge in [0.15, 0.2) is 5.76 Å². The second kappa shape index (κ2) is 10.3. The summed E-state index contributed by atoms with van der Waals surface area (Å²) in [6.45, 7) is 2.41. The van der Waals surface area contributed by atoms with E-state index in [4.69, 9.17) is 9.26 Å². The molecule has 0 spiro atoms. The summed E-state index contributed by atoms with van der Waals surface area (Å²) in [6.07, 6.45) is 2.33. The molecule has 0 radical (unpaired) electrons. The number of nitrogens with zero attached hydrogens (tertiary/aromatic N) is 1. The number of aromatic nitrogens is 1. The van der Waals surface area contributed by atoms with Crippen LogP contribution in [0.2, 0.25) is 0 Å². The molecule has 1 aliphatic rings. The number of rotatable bonds is 8. The Morgan fingerprint density at radius 3 is 2.74 bits per heavy atom. The highest BCUT2D eigenvalue weighted by Gasteiger charge is 2.28. The fourth-order valence-corrected chi connectivity index (χ4v) is 4.16. The van der Waals surface area contributed by atoms with Crippen LogP contribution in [0, 0.1) is 11.8 Å². The zero-order valence-electron chi connectivity index (χ0n) is 17.8. The van der Waals surface area contributed by atoms with Crippen molar-refractivity contribution >= 4 is 5.91 Å². The molecule has 3 aromatic rings. The molecule has 6 heteroatoms. The Kier molecular flexibility index (Phi) is 6.99. The largest absolute Gasteiger partial charge is 0.497 e. The van der Waals surface area contributed by atoms with Crippen molar-refractivity contribution in [1.82, 2.24) is 15.8 Å². The lowest BCUT2D eigenvalue weighted by molar-refractivity contribution is -0.122. The van der Waals surface area contributed by atoms with Crippen molar-refractivity contribution in [2.75, 3.05) is 20.2 Å². The number of nitrogens with one attached hydrogen (secondary N) is 2. The van der Waals surface area contributed by atoms with Crippen LogP contribution in [0.3, 0.4) is 0 Å². The first-order valence-electron chi connectivity index (χ1n) is 10.8. The van der Waals surface area contributed by atoms with Crippen LogP contribution >= 0.6 is 0 Å². The van der Waals surface area contributed by atoms with Gasteiger partial charge in [0.1, 0.15) is 5.75 Å². The summed E-state index contributed by atoms with van der Waals surface area (Å²) in [6, 6.07) is 19.8. The smallest absolute Gasteiger partial charge is 0.220 e. The summed E-state index contributed by atoms with van der Waals surface area (Å²) in [5, 5.41) is 10.8. The maximum Gasteiger partial charge on any atom is 0.220 e. The molecule has 31 heavy (non-hydrogen) atoms. The molecule has 1 fully saturated rings. The van der Waals surface area contributed by atoms with E-state index in [-0.39, 0.29) is 5.91 Å². The Bertz CT molecular complexity index is 969. The molecule has 1 amide bonds. The maximum absolute atomic E-state index is 12.5. The first-order valence-corrected chi connectivity index (χ1v) is 10.8. The molecular formula is C25H29N3O3. The summed E-state index contributed by atoms with van der Waals surface area (Å²) >= 11 is 0. The van der Waals surface area contributed by atoms with Gasteiger partial charge < -0.3 is 19.9 Å². The van der Waals surface area contributed by atoms with Gasteiger partial charge in [-0.25, -0.2) is 0 Å². The van der Waals surface area contributed by atoms with Crippen LogP contribution in [-0.4, -0.2) is 31.3 Å². The summed E-state index contributed by atoms with van der Waals surface area (Å²) in [7, 11) is 1.65. The summed E-state index contributed by atoms with van der Waals surface area (Å²) in [5.74, 6) is 2.35. The fourth-order valence-electron chi connectivity index (χ4n) is 4.16. The standard InChI is InChI=1S/C25H29N3O3/c1-30-23-9-7-19(8-10-23)24-15-22(28-31-24)13-21-17-26-12-11-20(21)14-25(29)27-16-18-5-3-2-4-6-18/h2-10,15,20-21,26H,11-14,16-17H2,1H3,(H,27,29). The molecule has 1 aromatic heterocycles. The van der Waals surface area contributed by atoms with Gasteiger partial charge in [-0.1, -0.05) is 35.5 Å². The van der Waals surface area contributed by atoms with E-state index >= 15 is 0 Å². The molecule has 162 valence electrons. The zero-order valence-corrected chi connectivity index (χ0v) is 17.8. The summed E-state index contributed by atoms with van der Waals surface area (Å²) in [5.41, 5.74) is 3.01. The van der Waals surface area contributed by atoms with Gasteiger partial charge in [0.05, 0.1) is 12.8 Å². The monoisotopic (exact) mass is 419 g/mol. The lowest BCUT2D eigenvalue weighted by Crippen LogP contribution is -2.40. The molecule has 0 bridgehead atoms. The van der Waals surface area contributed by atoms with Gasteiger partial charge >= 0.3 is 0 Å². The molecule has 4 rings (SSSR count). The van der Waals surface area contributed by atoms with Crippen molar-refractivity contribution in [3.05, 3.63) is 71.9 Å². The lowest BCUT2D eigenvalue weighted by Gasteiger charge is -2.31. The molecule has 2 atom stereocenters. The number of amides is 1. The molecule has 6 nitrogen and oxygen atoms in total. The van der Waals surface area contributed by atoms with Crippen LogP contribution in [0.15, 0.2) is 65.2 Å². The number of methoxy groups -OCH3 is 1. The Balaban J connectivity index is 1.34. The van der Waals surface area contributed by atoms with Gasteiger partial charge in [-0.2, -0.15) is 0 Å². The number of ether oxygens (including phenoxy) is 1. The molecule has 0 saturated carbocycles. The minimum Gasteiger partial charge on any atom is -0.497 e. The minimum absolute atomic E-state index is 0.111. The molecular weight excluding hydrogens is 390 g/mol. The highest BCUT2D eigenvalue weighted by Crippen LogP contribution is 2.28. The molecule has 2 aromatic carbocycles. The third-order valence-electron chi connectivity index (χ3n) is 5.95. The van der Waals surface area contributed by atoms with Crippen molar-refractivity contribution in [1.29, 1.82) is 0 Å². The van der Waals surface area contributed by atoms with E-state index in [0.717, 1.165) is 54.3 Å². The first kappa shape index (κ1) is 21.1. The van der Waals surface area contributed by atoms with E-state index in [1.807, 2.05) is 60.7 Å². The van der Waals surface area contributed by atoms with Crippen molar-refractivity contribution in [2.45, 2.75) is 25.8 Å². The minimum atomic E-state index is 0.111. The van der Waals surface area contributed by atoms with E-state index in [9.17, 15) is 4.79 Å². The molecule has 0 aliphatic carbocycles. The number of carbonyl (C=O) groups is 1. The highest BCUT2D eigenvalue weighted by atomic mass is 16.5. The van der Waals surface area contributed by atoms with Gasteiger partial charge in [-0.05, 0) is 67.6 Å². The van der Waals surface area contributed by atoms with Crippen LogP contribution in [0.25, 0.3) is 11.3 Å². The number of benzene rings is 2. The van der Waals surface area contributed by atoms with Gasteiger partial charge in [0.2, 0.25) is 5.91 Å². The molecule has 2 unspecified atom stereocenters. The predicted octanol–water partition coefficient (Wildman–Crippen LogP) is 3.82. The van der Waals surface area contributed by atoms with Crippen molar-refractivity contribution in [2.24, 2.45) is 11.8 Å². The Labute approximate surface area is 183 Å². The molecule has 2 N–H and O–H groups in total. The van der Waals surface area contributed by atoms with Crippen molar-refractivity contribution in [3.63, 3.8) is 0 Å². The van der Waals surface area contributed by atoms with E-state index < -0.39 is 0 Å². The predicted molar refractivity (Wildman–Crippen MR) is 120 cm³/mol. The molecule has 2 heterocycles. The van der Waals surface area contributed by atoms with E-state index in [0.29, 0.717) is 24.8 Å². The third kappa shape index (κ3) is 5.73. The van der Waals surface area contributed by atoms with Crippen LogP contribution < -0.4 is 15.4 Å². The number of hydrogen-bond donors (Lipinski definition) is 2. The third-order valence-corrected chi connectivity index (χ3v) is 5.95. The number of piperidine rings is 1. The topological polar surface area (TPSA) is 76.4 Å². The summed E-state index contributed by atoms with van der Waals surface area (Å²) < 4.78 is 10.8. The maximum atomic E-state index is 12.5. The van der Waals surface area contributed by atoms with Gasteiger partial charge in [0, 0.05) is 24.6 Å². The normalized spacial score (nSPS) is 18.5. The number of carbonyl (C=O) groups excluding carboxylic acids is 1. The zero-order chi connectivity index (χ0) is 21.5. The van der Waals surface area contributed by atoms with E-state index in [1.54, 1.807) is 7.11 Å². The Morgan fingerprint density at radius 2 is 1.97 bits per heavy atom. The SMILES string of the molecule is COc1ccc(-c2cc(CC3CNCCC3CC(=O)NCc3ccccc3)no2)cc1. The highest BCUT2D eigenvalue weighted by molar-refractivity contribution is 5.76. The molecule has 1 aliphatic heterocycles. The Hall–Kier alpha value is -3.12. The quantitative estimate of drug-likeness (QED) is 0.580. The van der Waals surface area contributed by atoms with Crippen molar-refractivity contribution < 1.29 is 14.1 Å². The second-order valence-corrected chi connectivity index (χ2v) is 8.09. The average molecular weight is 420 g/mol. The lowest BCUT2D eigenvalue weighted by atomic mass is 9.81. The van der Waals surface area contributed by atoms with Crippen LogP contribution in [0.5, 0.6) is 5.75 Å². The van der Waals surface area contributed by atoms with Gasteiger partial charge in [-0.15, -0.1) is 0 Å². The first-order chi connectivity index (χ1) is 15.2. The fraction of sp³-hybridized carbons (Fsp3) is 0.360. The van der Waals surface area contributed by atoms with E-state index in [2.05, 4.69) is 15.8 Å². The second-order valence-electron chi connectivity index (χ2n) is 8.09. The van der Waals surface area contributed by atoms with Crippen LogP contribution in [-0.2, 0) is 17.8 Å². The summed E-state index contributed by atoms with van der Waals surface area (Å²) in [4.78, 5) is 12.5. The van der Waals surface area contributed by atoms with Crippen molar-refractivity contribution in [3.8, 4) is 17.1 Å². The van der Waals surface area contributed by atoms with E-state index in [1.165, 1.54) is 0 Å². The van der Waals surface area contributed by atoms with Crippen LogP contribution in [0.4, 0.5) is 0 Å². The molecule has 1 saturated heterocycles. The van der Waals surface area contributed by atoms with Gasteiger partial charge in [-0.3, -0.25) is 4.79 Å². The Morgan fingerprint density at radius 1 is 1.16 bits per heavy atom. The van der Waals surface area contributed by atoms with Gasteiger partial charge in [0.25, 0.3) is 0 Å². The van der Waals surface area contributed by atoms with Crippen LogP contribution in [0.1, 0.15) is 24.1 Å². The average Bonchev–Trinajstić information content (AvgIpc) is 3.28. The number of hydrogen-bond acceptors (Lipinski definition) is 5.